The summed E-state index contributed by atoms with van der Waals surface area (Å²) in [6.45, 7) is 0. The molecule has 196 valence electrons. The van der Waals surface area contributed by atoms with Gasteiger partial charge >= 0.3 is 17.9 Å². The first kappa shape index (κ1) is 27.0. The first-order chi connectivity index (χ1) is 17.4. The van der Waals surface area contributed by atoms with Crippen LogP contribution in [0.2, 0.25) is 0 Å². The van der Waals surface area contributed by atoms with Crippen molar-refractivity contribution in [3.05, 3.63) is 59.7 Å². The standard InChI is InChI=1S/C25H24O12/c26-15-5-1-13(9-17(15)28)3-7-21(30)36-19-11-25(35,24(33)34)12-20(23(19)32)37-22(31)8-4-14-2-6-16(27)18(29)10-14/h1-10,19-20,23,26-29,32,35H,11-12H2,(H,33,34)/b7-3-,8-4-. The lowest BCUT2D eigenvalue weighted by molar-refractivity contribution is -0.203. The Morgan fingerprint density at radius 3 is 1.51 bits per heavy atom. The number of phenolic OH excluding ortho intramolecular Hbond substituents is 4. The highest BCUT2D eigenvalue weighted by Gasteiger charge is 2.52. The Morgan fingerprint density at radius 1 is 0.757 bits per heavy atom. The number of ether oxygens (including phenoxy) is 2. The first-order valence-electron chi connectivity index (χ1n) is 10.8. The van der Waals surface area contributed by atoms with Crippen molar-refractivity contribution in [2.75, 3.05) is 0 Å². The van der Waals surface area contributed by atoms with E-state index in [0.29, 0.717) is 11.1 Å². The normalized spacial score (nSPS) is 23.7. The predicted molar refractivity (Wildman–Crippen MR) is 125 cm³/mol. The van der Waals surface area contributed by atoms with Crippen LogP contribution in [0, 0.1) is 0 Å². The second-order valence-electron chi connectivity index (χ2n) is 8.35. The Morgan fingerprint density at radius 2 is 1.16 bits per heavy atom. The van der Waals surface area contributed by atoms with Crippen LogP contribution in [-0.4, -0.2) is 77.6 Å². The van der Waals surface area contributed by atoms with Gasteiger partial charge in [0.15, 0.2) is 28.6 Å². The number of rotatable bonds is 7. The zero-order chi connectivity index (χ0) is 27.3. The number of aliphatic hydroxyl groups is 2. The number of carboxylic acids is 1. The van der Waals surface area contributed by atoms with E-state index < -0.39 is 66.2 Å². The van der Waals surface area contributed by atoms with E-state index in [1.165, 1.54) is 48.6 Å². The average molecular weight is 516 g/mol. The number of hydrogen-bond acceptors (Lipinski definition) is 11. The maximum absolute atomic E-state index is 12.3. The van der Waals surface area contributed by atoms with Gasteiger partial charge in [-0.05, 0) is 47.5 Å². The molecule has 37 heavy (non-hydrogen) atoms. The van der Waals surface area contributed by atoms with Gasteiger partial charge in [-0.1, -0.05) is 12.1 Å². The fourth-order valence-corrected chi connectivity index (χ4v) is 3.62. The van der Waals surface area contributed by atoms with Crippen molar-refractivity contribution in [1.82, 2.24) is 0 Å². The molecular formula is C25H24O12. The lowest BCUT2D eigenvalue weighted by Gasteiger charge is -2.40. The minimum atomic E-state index is -2.48. The number of phenols is 4. The lowest BCUT2D eigenvalue weighted by atomic mass is 9.79. The van der Waals surface area contributed by atoms with Crippen LogP contribution in [0.3, 0.4) is 0 Å². The minimum Gasteiger partial charge on any atom is -0.504 e. The molecule has 3 rings (SSSR count). The van der Waals surface area contributed by atoms with Crippen LogP contribution >= 0.6 is 0 Å². The summed E-state index contributed by atoms with van der Waals surface area (Å²) >= 11 is 0. The monoisotopic (exact) mass is 516 g/mol. The predicted octanol–water partition coefficient (Wildman–Crippen LogP) is 1.03. The molecule has 7 N–H and O–H groups in total. The van der Waals surface area contributed by atoms with Crippen LogP contribution < -0.4 is 0 Å². The molecule has 1 saturated carbocycles. The summed E-state index contributed by atoms with van der Waals surface area (Å²) in [6, 6.07) is 7.49. The molecule has 2 unspecified atom stereocenters. The Hall–Kier alpha value is -4.55. The van der Waals surface area contributed by atoms with Crippen LogP contribution in [0.1, 0.15) is 24.0 Å². The Kier molecular flexibility index (Phi) is 8.05. The van der Waals surface area contributed by atoms with E-state index in [2.05, 4.69) is 0 Å². The van der Waals surface area contributed by atoms with Crippen LogP contribution in [0.25, 0.3) is 12.2 Å². The topological polar surface area (TPSA) is 211 Å². The number of aromatic hydroxyl groups is 4. The molecule has 0 aromatic heterocycles. The van der Waals surface area contributed by atoms with Crippen LogP contribution in [0.15, 0.2) is 48.6 Å². The SMILES string of the molecule is O=C(/C=C\c1ccc(O)c(O)c1)OC1CC(O)(C(=O)O)CC(OC(=O)/C=C\c2ccc(O)c(O)c2)C1O. The number of carboxylic acid groups (broad SMARTS) is 1. The summed E-state index contributed by atoms with van der Waals surface area (Å²) in [6.07, 6.45) is -1.86. The second-order valence-corrected chi connectivity index (χ2v) is 8.35. The number of hydrogen-bond donors (Lipinski definition) is 7. The van der Waals surface area contributed by atoms with E-state index in [9.17, 15) is 50.1 Å². The van der Waals surface area contributed by atoms with Gasteiger partial charge in [0.2, 0.25) is 0 Å². The summed E-state index contributed by atoms with van der Waals surface area (Å²) < 4.78 is 10.2. The van der Waals surface area contributed by atoms with Gasteiger partial charge in [-0.3, -0.25) is 0 Å². The van der Waals surface area contributed by atoms with Crippen molar-refractivity contribution in [3.63, 3.8) is 0 Å². The third kappa shape index (κ3) is 6.78. The highest BCUT2D eigenvalue weighted by molar-refractivity contribution is 5.88. The molecule has 12 heteroatoms. The third-order valence-corrected chi connectivity index (χ3v) is 5.60. The molecule has 0 saturated heterocycles. The minimum absolute atomic E-state index is 0.319. The second kappa shape index (κ2) is 11.0. The Labute approximate surface area is 209 Å². The summed E-state index contributed by atoms with van der Waals surface area (Å²) in [7, 11) is 0. The Balaban J connectivity index is 1.71. The van der Waals surface area contributed by atoms with E-state index >= 15 is 0 Å². The number of carbonyl (C=O) groups is 3. The maximum atomic E-state index is 12.3. The van der Waals surface area contributed by atoms with Crippen LogP contribution in [0.5, 0.6) is 23.0 Å². The molecule has 1 fully saturated rings. The van der Waals surface area contributed by atoms with Crippen LogP contribution in [0.4, 0.5) is 0 Å². The smallest absolute Gasteiger partial charge is 0.335 e. The van der Waals surface area contributed by atoms with E-state index in [-0.39, 0.29) is 11.5 Å². The van der Waals surface area contributed by atoms with Gasteiger partial charge < -0.3 is 45.2 Å². The summed E-state index contributed by atoms with van der Waals surface area (Å²) in [5.74, 6) is -5.31. The average Bonchev–Trinajstić information content (AvgIpc) is 2.83. The van der Waals surface area contributed by atoms with Gasteiger partial charge in [0.05, 0.1) is 0 Å². The van der Waals surface area contributed by atoms with Crippen molar-refractivity contribution in [2.45, 2.75) is 36.8 Å². The molecule has 2 atom stereocenters. The van der Waals surface area contributed by atoms with Crippen LogP contribution in [-0.2, 0) is 23.9 Å². The summed E-state index contributed by atoms with van der Waals surface area (Å²) in [4.78, 5) is 36.2. The molecule has 1 aliphatic carbocycles. The zero-order valence-electron chi connectivity index (χ0n) is 19.1. The van der Waals surface area contributed by atoms with Crippen molar-refractivity contribution in [1.29, 1.82) is 0 Å². The third-order valence-electron chi connectivity index (χ3n) is 5.60. The largest absolute Gasteiger partial charge is 0.504 e. The molecule has 0 heterocycles. The molecule has 12 nitrogen and oxygen atoms in total. The van der Waals surface area contributed by atoms with E-state index in [0.717, 1.165) is 12.2 Å². The summed E-state index contributed by atoms with van der Waals surface area (Å²) in [5, 5.41) is 68.3. The fraction of sp³-hybridized carbons (Fsp3) is 0.240. The van der Waals surface area contributed by atoms with Gasteiger partial charge in [0, 0.05) is 25.0 Å². The van der Waals surface area contributed by atoms with E-state index in [4.69, 9.17) is 9.47 Å². The quantitative estimate of drug-likeness (QED) is 0.156. The number of esters is 2. The van der Waals surface area contributed by atoms with E-state index in [1.54, 1.807) is 0 Å². The molecule has 0 amide bonds. The number of aliphatic carboxylic acids is 1. The van der Waals surface area contributed by atoms with Crippen molar-refractivity contribution in [3.8, 4) is 23.0 Å². The molecular weight excluding hydrogens is 492 g/mol. The first-order valence-corrected chi connectivity index (χ1v) is 10.8. The molecule has 0 bridgehead atoms. The maximum Gasteiger partial charge on any atom is 0.335 e. The van der Waals surface area contributed by atoms with Crippen molar-refractivity contribution < 1.29 is 59.6 Å². The number of aliphatic hydroxyl groups excluding tert-OH is 1. The van der Waals surface area contributed by atoms with Crippen molar-refractivity contribution >= 4 is 30.1 Å². The highest BCUT2D eigenvalue weighted by atomic mass is 16.6. The molecule has 1 aliphatic rings. The summed E-state index contributed by atoms with van der Waals surface area (Å²) in [5.41, 5.74) is -1.84. The van der Waals surface area contributed by atoms with Gasteiger partial charge in [0.1, 0.15) is 18.3 Å². The number of carbonyl (C=O) groups excluding carboxylic acids is 2. The molecule has 2 aromatic carbocycles. The van der Waals surface area contributed by atoms with E-state index in [1.807, 2.05) is 0 Å². The number of benzene rings is 2. The molecule has 0 aliphatic heterocycles. The zero-order valence-corrected chi connectivity index (χ0v) is 19.1. The molecule has 2 aromatic rings. The Bertz CT molecular complexity index is 1160. The van der Waals surface area contributed by atoms with Gasteiger partial charge in [-0.15, -0.1) is 0 Å². The lowest BCUT2D eigenvalue weighted by Crippen LogP contribution is -2.58. The van der Waals surface area contributed by atoms with Gasteiger partial charge in [0.25, 0.3) is 0 Å². The molecule has 0 spiro atoms. The highest BCUT2D eigenvalue weighted by Crippen LogP contribution is 2.33. The fourth-order valence-electron chi connectivity index (χ4n) is 3.62. The van der Waals surface area contributed by atoms with Crippen molar-refractivity contribution in [2.24, 2.45) is 0 Å². The van der Waals surface area contributed by atoms with Gasteiger partial charge in [-0.2, -0.15) is 0 Å². The van der Waals surface area contributed by atoms with Gasteiger partial charge in [-0.25, -0.2) is 14.4 Å². The molecule has 0 radical (unpaired) electrons.